The van der Waals surface area contributed by atoms with E-state index in [1.54, 1.807) is 88.0 Å². The van der Waals surface area contributed by atoms with Crippen molar-refractivity contribution < 1.29 is 23.8 Å². The number of hydrogen-bond donors (Lipinski definition) is 2. The first kappa shape index (κ1) is 24.6. The fourth-order valence-electron chi connectivity index (χ4n) is 3.57. The summed E-state index contributed by atoms with van der Waals surface area (Å²) in [6, 6.07) is 16.5. The maximum atomic E-state index is 12.5. The van der Waals surface area contributed by atoms with Gasteiger partial charge in [-0.05, 0) is 67.1 Å². The van der Waals surface area contributed by atoms with Crippen LogP contribution in [0.4, 0.5) is 16.2 Å². The molecule has 0 unspecified atom stereocenters. The fourth-order valence-corrected chi connectivity index (χ4v) is 3.80. The highest BCUT2D eigenvalue weighted by Crippen LogP contribution is 2.37. The summed E-state index contributed by atoms with van der Waals surface area (Å²) in [6.07, 6.45) is 2.15. The predicted molar refractivity (Wildman–Crippen MR) is 138 cm³/mol. The van der Waals surface area contributed by atoms with E-state index in [4.69, 9.17) is 25.8 Å². The summed E-state index contributed by atoms with van der Waals surface area (Å²) in [5.41, 5.74) is 4.93. The van der Waals surface area contributed by atoms with E-state index in [0.29, 0.717) is 51.3 Å². The number of nitrogens with zero attached hydrogens (tertiary/aromatic N) is 2. The molecular formula is C26H23ClN4O5. The molecule has 0 aliphatic heterocycles. The van der Waals surface area contributed by atoms with Gasteiger partial charge >= 0.3 is 6.03 Å². The molecule has 1 heterocycles. The van der Waals surface area contributed by atoms with Crippen LogP contribution < -0.4 is 30.0 Å². The van der Waals surface area contributed by atoms with Gasteiger partial charge in [-0.15, -0.1) is 0 Å². The number of amides is 3. The van der Waals surface area contributed by atoms with Crippen molar-refractivity contribution in [2.75, 3.05) is 24.5 Å². The Morgan fingerprint density at radius 1 is 0.972 bits per heavy atom. The zero-order valence-electron chi connectivity index (χ0n) is 19.7. The van der Waals surface area contributed by atoms with Crippen LogP contribution in [0, 0.1) is 6.92 Å². The lowest BCUT2D eigenvalue weighted by Crippen LogP contribution is -2.44. The minimum Gasteiger partial charge on any atom is -0.493 e. The Bertz CT molecular complexity index is 1410. The Morgan fingerprint density at radius 2 is 1.69 bits per heavy atom. The molecule has 1 aromatic heterocycles. The van der Waals surface area contributed by atoms with Gasteiger partial charge in [0, 0.05) is 28.4 Å². The molecule has 36 heavy (non-hydrogen) atoms. The smallest absolute Gasteiger partial charge is 0.338 e. The van der Waals surface area contributed by atoms with E-state index < -0.39 is 6.03 Å². The van der Waals surface area contributed by atoms with Gasteiger partial charge in [-0.1, -0.05) is 11.6 Å². The zero-order chi connectivity index (χ0) is 25.7. The molecule has 10 heteroatoms. The van der Waals surface area contributed by atoms with Crippen LogP contribution in [-0.2, 0) is 4.79 Å². The first-order valence-corrected chi connectivity index (χ1v) is 11.2. The first-order valence-electron chi connectivity index (χ1n) is 10.8. The maximum absolute atomic E-state index is 12.5. The molecule has 0 fully saturated rings. The highest BCUT2D eigenvalue weighted by atomic mass is 35.5. The summed E-state index contributed by atoms with van der Waals surface area (Å²) in [7, 11) is 3.13. The number of ether oxygens (including phenoxy) is 3. The van der Waals surface area contributed by atoms with Crippen LogP contribution in [0.15, 0.2) is 66.9 Å². The minimum absolute atomic E-state index is 0.504. The highest BCUT2D eigenvalue weighted by Gasteiger charge is 2.14. The van der Waals surface area contributed by atoms with Crippen LogP contribution in [0.2, 0.25) is 5.02 Å². The van der Waals surface area contributed by atoms with Crippen LogP contribution in [0.5, 0.6) is 23.0 Å². The number of methoxy groups -OCH3 is 2. The molecular weight excluding hydrogens is 484 g/mol. The van der Waals surface area contributed by atoms with Gasteiger partial charge in [-0.2, -0.15) is 0 Å². The van der Waals surface area contributed by atoms with Crippen LogP contribution in [0.3, 0.4) is 0 Å². The summed E-state index contributed by atoms with van der Waals surface area (Å²) in [6.45, 7) is 1.79. The quantitative estimate of drug-likeness (QED) is 0.234. The van der Waals surface area contributed by atoms with Crippen molar-refractivity contribution in [1.82, 2.24) is 10.4 Å². The van der Waals surface area contributed by atoms with Gasteiger partial charge in [0.1, 0.15) is 11.5 Å². The molecule has 0 radical (unpaired) electrons. The number of hydrazine groups is 1. The van der Waals surface area contributed by atoms with E-state index >= 15 is 0 Å². The van der Waals surface area contributed by atoms with E-state index in [2.05, 4.69) is 15.7 Å². The third kappa shape index (κ3) is 5.42. The van der Waals surface area contributed by atoms with Gasteiger partial charge in [0.05, 0.1) is 25.4 Å². The van der Waals surface area contributed by atoms with Crippen molar-refractivity contribution in [3.05, 3.63) is 77.4 Å². The van der Waals surface area contributed by atoms with Crippen LogP contribution >= 0.6 is 11.6 Å². The number of aryl methyl sites for hydroxylation is 1. The molecule has 0 saturated heterocycles. The van der Waals surface area contributed by atoms with Crippen molar-refractivity contribution >= 4 is 46.3 Å². The summed E-state index contributed by atoms with van der Waals surface area (Å²) < 4.78 is 16.8. The van der Waals surface area contributed by atoms with E-state index in [9.17, 15) is 9.59 Å². The third-order valence-electron chi connectivity index (χ3n) is 5.29. The molecule has 0 bridgehead atoms. The van der Waals surface area contributed by atoms with E-state index in [1.807, 2.05) is 0 Å². The number of hydrogen-bond acceptors (Lipinski definition) is 6. The van der Waals surface area contributed by atoms with Gasteiger partial charge in [0.25, 0.3) is 0 Å². The number of aromatic nitrogens is 1. The molecule has 0 aliphatic rings. The summed E-state index contributed by atoms with van der Waals surface area (Å²) in [5, 5.41) is 5.05. The number of rotatable bonds is 8. The topological polar surface area (TPSA) is 102 Å². The van der Waals surface area contributed by atoms with Crippen LogP contribution in [0.25, 0.3) is 10.9 Å². The second kappa shape index (κ2) is 10.8. The van der Waals surface area contributed by atoms with Gasteiger partial charge in [-0.3, -0.25) is 9.78 Å². The van der Waals surface area contributed by atoms with Crippen molar-refractivity contribution in [3.8, 4) is 23.0 Å². The number of halogens is 1. The van der Waals surface area contributed by atoms with Crippen molar-refractivity contribution in [3.63, 3.8) is 0 Å². The predicted octanol–water partition coefficient (Wildman–Crippen LogP) is 5.71. The number of benzene rings is 3. The SMILES string of the molecule is COc1cc2nccc(Oc3ccc(NC(=O)NN(C=O)c4ccc(Cl)cc4C)cc3)c2cc1OC. The third-order valence-corrected chi connectivity index (χ3v) is 5.53. The van der Waals surface area contributed by atoms with Crippen LogP contribution in [0.1, 0.15) is 5.56 Å². The van der Waals surface area contributed by atoms with Gasteiger partial charge in [-0.25, -0.2) is 15.2 Å². The minimum atomic E-state index is -0.591. The Morgan fingerprint density at radius 3 is 2.36 bits per heavy atom. The summed E-state index contributed by atoms with van der Waals surface area (Å²) >= 11 is 5.97. The molecule has 9 nitrogen and oxygen atoms in total. The van der Waals surface area contributed by atoms with E-state index in [0.717, 1.165) is 16.0 Å². The average molecular weight is 507 g/mol. The number of nitrogens with one attached hydrogen (secondary N) is 2. The lowest BCUT2D eigenvalue weighted by molar-refractivity contribution is -0.107. The van der Waals surface area contributed by atoms with E-state index in [-0.39, 0.29) is 0 Å². The normalized spacial score (nSPS) is 10.4. The number of carbonyl (C=O) groups excluding carboxylic acids is 2. The highest BCUT2D eigenvalue weighted by molar-refractivity contribution is 6.30. The van der Waals surface area contributed by atoms with Crippen molar-refractivity contribution in [1.29, 1.82) is 0 Å². The van der Waals surface area contributed by atoms with Crippen LogP contribution in [-0.4, -0.2) is 31.6 Å². The Labute approximate surface area is 212 Å². The first-order chi connectivity index (χ1) is 17.4. The number of fused-ring (bicyclic) bond motifs is 1. The largest absolute Gasteiger partial charge is 0.493 e. The maximum Gasteiger partial charge on any atom is 0.338 e. The molecule has 4 rings (SSSR count). The number of carbonyl (C=O) groups is 2. The molecule has 184 valence electrons. The van der Waals surface area contributed by atoms with Gasteiger partial charge in [0.2, 0.25) is 6.41 Å². The molecule has 0 aliphatic carbocycles. The zero-order valence-corrected chi connectivity index (χ0v) is 20.5. The molecule has 3 amide bonds. The number of pyridine rings is 1. The molecule has 3 aromatic carbocycles. The summed E-state index contributed by atoms with van der Waals surface area (Å²) in [5.74, 6) is 2.27. The Kier molecular flexibility index (Phi) is 7.41. The fraction of sp³-hybridized carbons (Fsp3) is 0.115. The standard InChI is InChI=1S/C26H23ClN4O5/c1-16-12-17(27)4-9-22(16)31(15-32)30-26(33)29-18-5-7-19(8-6-18)36-23-10-11-28-21-14-25(35-3)24(34-2)13-20(21)23/h4-15H,1-3H3,(H2,29,30,33). The molecule has 4 aromatic rings. The number of urea groups is 1. The van der Waals surface area contributed by atoms with Crippen molar-refractivity contribution in [2.45, 2.75) is 6.92 Å². The Hall–Kier alpha value is -4.50. The Balaban J connectivity index is 1.45. The second-order valence-corrected chi connectivity index (χ2v) is 8.07. The number of anilines is 2. The van der Waals surface area contributed by atoms with Gasteiger partial charge in [0.15, 0.2) is 11.5 Å². The van der Waals surface area contributed by atoms with Crippen molar-refractivity contribution in [2.24, 2.45) is 0 Å². The van der Waals surface area contributed by atoms with E-state index in [1.165, 1.54) is 0 Å². The molecule has 0 saturated carbocycles. The lowest BCUT2D eigenvalue weighted by Gasteiger charge is -2.20. The molecule has 0 spiro atoms. The average Bonchev–Trinajstić information content (AvgIpc) is 2.88. The van der Waals surface area contributed by atoms with Gasteiger partial charge < -0.3 is 19.5 Å². The molecule has 0 atom stereocenters. The molecule has 2 N–H and O–H groups in total. The second-order valence-electron chi connectivity index (χ2n) is 7.63. The monoisotopic (exact) mass is 506 g/mol. The summed E-state index contributed by atoms with van der Waals surface area (Å²) in [4.78, 5) is 28.4. The lowest BCUT2D eigenvalue weighted by atomic mass is 10.2.